The van der Waals surface area contributed by atoms with Gasteiger partial charge in [-0.05, 0) is 24.3 Å². The van der Waals surface area contributed by atoms with Crippen LogP contribution in [0, 0.1) is 0 Å². The van der Waals surface area contributed by atoms with Crippen LogP contribution in [-0.2, 0) is 28.5 Å². The lowest BCUT2D eigenvalue weighted by Gasteiger charge is -2.43. The first-order chi connectivity index (χ1) is 15.0. The quantitative estimate of drug-likeness (QED) is 0.514. The van der Waals surface area contributed by atoms with Gasteiger partial charge in [0, 0.05) is 13.3 Å². The van der Waals surface area contributed by atoms with Crippen LogP contribution in [0.1, 0.15) is 34.1 Å². The first kappa shape index (κ1) is 21.0. The molecule has 8 heteroatoms. The average molecular weight is 426 g/mol. The highest BCUT2D eigenvalue weighted by Crippen LogP contribution is 2.45. The topological polar surface area (TPSA) is 97.4 Å². The molecule has 0 radical (unpaired) electrons. The van der Waals surface area contributed by atoms with Gasteiger partial charge in [-0.25, -0.2) is 9.59 Å². The highest BCUT2D eigenvalue weighted by Gasteiger charge is 2.65. The van der Waals surface area contributed by atoms with Gasteiger partial charge in [0.05, 0.1) is 17.7 Å². The van der Waals surface area contributed by atoms with Gasteiger partial charge in [0.15, 0.2) is 11.7 Å². The molecule has 2 heterocycles. The van der Waals surface area contributed by atoms with E-state index in [1.165, 1.54) is 6.92 Å². The standard InChI is InChI=1S/C23H22O8/c1-15(24)29-22-23(12-13-28-23)19(31-21(26)17-10-6-3-7-11-17)18(30-22)14-27-20(25)16-8-4-2-5-9-16/h2-11,18-19,22H,12-14H2,1H3/t18-,19-,22?,23-/m1/s1. The Morgan fingerprint density at radius 3 is 2.03 bits per heavy atom. The smallest absolute Gasteiger partial charge is 0.338 e. The summed E-state index contributed by atoms with van der Waals surface area (Å²) < 4.78 is 28.0. The highest BCUT2D eigenvalue weighted by molar-refractivity contribution is 5.90. The zero-order chi connectivity index (χ0) is 21.8. The van der Waals surface area contributed by atoms with Crippen molar-refractivity contribution < 1.29 is 38.1 Å². The number of esters is 3. The molecule has 0 aromatic heterocycles. The minimum atomic E-state index is -1.14. The zero-order valence-electron chi connectivity index (χ0n) is 16.9. The summed E-state index contributed by atoms with van der Waals surface area (Å²) in [6.07, 6.45) is -2.42. The Balaban J connectivity index is 1.53. The van der Waals surface area contributed by atoms with Gasteiger partial charge in [-0.3, -0.25) is 4.79 Å². The van der Waals surface area contributed by atoms with Crippen LogP contribution in [-0.4, -0.2) is 55.2 Å². The first-order valence-corrected chi connectivity index (χ1v) is 9.94. The van der Waals surface area contributed by atoms with E-state index in [1.54, 1.807) is 60.7 Å². The molecule has 1 spiro atoms. The molecule has 0 N–H and O–H groups in total. The molecule has 31 heavy (non-hydrogen) atoms. The normalized spacial score (nSPS) is 26.7. The number of carbonyl (C=O) groups is 3. The molecule has 2 saturated heterocycles. The van der Waals surface area contributed by atoms with E-state index in [9.17, 15) is 14.4 Å². The van der Waals surface area contributed by atoms with Gasteiger partial charge in [0.25, 0.3) is 0 Å². The number of hydrogen-bond donors (Lipinski definition) is 0. The summed E-state index contributed by atoms with van der Waals surface area (Å²) in [5, 5.41) is 0. The van der Waals surface area contributed by atoms with Gasteiger partial charge in [0.1, 0.15) is 12.7 Å². The maximum Gasteiger partial charge on any atom is 0.338 e. The summed E-state index contributed by atoms with van der Waals surface area (Å²) in [5.41, 5.74) is -0.405. The molecular weight excluding hydrogens is 404 g/mol. The SMILES string of the molecule is CC(=O)OC1O[C@H](COC(=O)c2ccccc2)[C@@H](OC(=O)c2ccccc2)[C@]12CCO2. The van der Waals surface area contributed by atoms with Gasteiger partial charge in [0.2, 0.25) is 6.29 Å². The molecule has 2 aliphatic heterocycles. The molecule has 0 amide bonds. The van der Waals surface area contributed by atoms with Crippen LogP contribution in [0.3, 0.4) is 0 Å². The van der Waals surface area contributed by atoms with Gasteiger partial charge < -0.3 is 23.7 Å². The number of benzene rings is 2. The van der Waals surface area contributed by atoms with E-state index in [0.717, 1.165) is 0 Å². The van der Waals surface area contributed by atoms with Gasteiger partial charge in [-0.15, -0.1) is 0 Å². The van der Waals surface area contributed by atoms with Crippen molar-refractivity contribution in [1.29, 1.82) is 0 Å². The number of rotatable bonds is 6. The van der Waals surface area contributed by atoms with E-state index in [1.807, 2.05) is 0 Å². The third-order valence-corrected chi connectivity index (χ3v) is 5.28. The molecular formula is C23H22O8. The van der Waals surface area contributed by atoms with Crippen molar-refractivity contribution in [3.8, 4) is 0 Å². The maximum absolute atomic E-state index is 12.7. The largest absolute Gasteiger partial charge is 0.459 e. The molecule has 2 aromatic rings. The van der Waals surface area contributed by atoms with Gasteiger partial charge in [-0.2, -0.15) is 0 Å². The second-order valence-electron chi connectivity index (χ2n) is 7.33. The molecule has 8 nitrogen and oxygen atoms in total. The van der Waals surface area contributed by atoms with Crippen molar-refractivity contribution in [2.75, 3.05) is 13.2 Å². The molecule has 0 aliphatic carbocycles. The van der Waals surface area contributed by atoms with Crippen molar-refractivity contribution >= 4 is 17.9 Å². The second-order valence-corrected chi connectivity index (χ2v) is 7.33. The van der Waals surface area contributed by atoms with Crippen LogP contribution in [0.25, 0.3) is 0 Å². The molecule has 2 aromatic carbocycles. The predicted octanol–water partition coefficient (Wildman–Crippen LogP) is 2.52. The van der Waals surface area contributed by atoms with E-state index in [2.05, 4.69) is 0 Å². The fraction of sp³-hybridized carbons (Fsp3) is 0.348. The highest BCUT2D eigenvalue weighted by atomic mass is 16.8. The Morgan fingerprint density at radius 1 is 0.935 bits per heavy atom. The van der Waals surface area contributed by atoms with Crippen LogP contribution in [0.4, 0.5) is 0 Å². The monoisotopic (exact) mass is 426 g/mol. The summed E-state index contributed by atoms with van der Waals surface area (Å²) in [6.45, 7) is 1.45. The summed E-state index contributed by atoms with van der Waals surface area (Å²) in [5.74, 6) is -1.68. The third-order valence-electron chi connectivity index (χ3n) is 5.28. The molecule has 1 unspecified atom stereocenters. The summed E-state index contributed by atoms with van der Waals surface area (Å²) in [7, 11) is 0. The summed E-state index contributed by atoms with van der Waals surface area (Å²) >= 11 is 0. The molecule has 2 aliphatic rings. The minimum Gasteiger partial charge on any atom is -0.459 e. The van der Waals surface area contributed by atoms with Crippen molar-refractivity contribution in [2.24, 2.45) is 0 Å². The molecule has 4 rings (SSSR count). The number of ether oxygens (including phenoxy) is 5. The van der Waals surface area contributed by atoms with E-state index < -0.39 is 42.0 Å². The van der Waals surface area contributed by atoms with Crippen LogP contribution < -0.4 is 0 Å². The first-order valence-electron chi connectivity index (χ1n) is 9.94. The number of hydrogen-bond acceptors (Lipinski definition) is 8. The van der Waals surface area contributed by atoms with Crippen LogP contribution in [0.5, 0.6) is 0 Å². The van der Waals surface area contributed by atoms with E-state index in [0.29, 0.717) is 24.2 Å². The molecule has 0 saturated carbocycles. The fourth-order valence-corrected chi connectivity index (χ4v) is 3.70. The summed E-state index contributed by atoms with van der Waals surface area (Å²) in [6, 6.07) is 17.0. The lowest BCUT2D eigenvalue weighted by molar-refractivity contribution is -0.267. The van der Waals surface area contributed by atoms with Crippen molar-refractivity contribution in [1.82, 2.24) is 0 Å². The van der Waals surface area contributed by atoms with Gasteiger partial charge in [-0.1, -0.05) is 36.4 Å². The Morgan fingerprint density at radius 2 is 1.52 bits per heavy atom. The minimum absolute atomic E-state index is 0.205. The Bertz CT molecular complexity index is 939. The van der Waals surface area contributed by atoms with Gasteiger partial charge >= 0.3 is 17.9 Å². The number of carbonyl (C=O) groups excluding carboxylic acids is 3. The Hall–Kier alpha value is -3.23. The molecule has 162 valence electrons. The Kier molecular flexibility index (Phi) is 6.01. The summed E-state index contributed by atoms with van der Waals surface area (Å²) in [4.78, 5) is 36.7. The maximum atomic E-state index is 12.7. The Labute approximate surface area is 179 Å². The molecule has 0 bridgehead atoms. The second kappa shape index (κ2) is 8.87. The zero-order valence-corrected chi connectivity index (χ0v) is 16.9. The van der Waals surface area contributed by atoms with E-state index in [4.69, 9.17) is 23.7 Å². The molecule has 4 atom stereocenters. The fourth-order valence-electron chi connectivity index (χ4n) is 3.70. The van der Waals surface area contributed by atoms with Crippen molar-refractivity contribution in [3.05, 3.63) is 71.8 Å². The van der Waals surface area contributed by atoms with Crippen molar-refractivity contribution in [3.63, 3.8) is 0 Å². The van der Waals surface area contributed by atoms with E-state index in [-0.39, 0.29) is 6.61 Å². The third kappa shape index (κ3) is 4.30. The van der Waals surface area contributed by atoms with Crippen molar-refractivity contribution in [2.45, 2.75) is 37.4 Å². The van der Waals surface area contributed by atoms with Crippen LogP contribution >= 0.6 is 0 Å². The lowest BCUT2D eigenvalue weighted by atomic mass is 9.87. The molecule has 2 fully saturated rings. The average Bonchev–Trinajstić information content (AvgIpc) is 3.05. The van der Waals surface area contributed by atoms with Crippen LogP contribution in [0.2, 0.25) is 0 Å². The van der Waals surface area contributed by atoms with E-state index >= 15 is 0 Å². The lowest BCUT2D eigenvalue weighted by Crippen LogP contribution is -2.60. The van der Waals surface area contributed by atoms with Crippen LogP contribution in [0.15, 0.2) is 60.7 Å². The predicted molar refractivity (Wildman–Crippen MR) is 106 cm³/mol.